The van der Waals surface area contributed by atoms with Crippen molar-refractivity contribution < 1.29 is 28.6 Å². The number of ether oxygens (including phenoxy) is 3. The van der Waals surface area contributed by atoms with Crippen LogP contribution >= 0.6 is 0 Å². The molecule has 0 saturated heterocycles. The summed E-state index contributed by atoms with van der Waals surface area (Å²) in [4.78, 5) is 37.4. The average molecular weight is 667 g/mol. The summed E-state index contributed by atoms with van der Waals surface area (Å²) in [6.45, 7) is 6.58. The van der Waals surface area contributed by atoms with Crippen LogP contribution in [0.1, 0.15) is 226 Å². The second-order valence-corrected chi connectivity index (χ2v) is 13.9. The first-order valence-electron chi connectivity index (χ1n) is 20.5. The third-order valence-corrected chi connectivity index (χ3v) is 9.11. The van der Waals surface area contributed by atoms with Crippen LogP contribution in [0.25, 0.3) is 0 Å². The fraction of sp³-hybridized carbons (Fsp3) is 0.927. The molecule has 1 atom stereocenters. The molecular weight excluding hydrogens is 588 g/mol. The lowest BCUT2D eigenvalue weighted by molar-refractivity contribution is -0.167. The molecule has 0 aromatic rings. The van der Waals surface area contributed by atoms with E-state index >= 15 is 0 Å². The zero-order valence-electron chi connectivity index (χ0n) is 31.6. The SMILES string of the molecule is CCCCCCCCCCCCCCC(=O)OCC(COC(=O)CCCCCCCCC)OC(=O)CCCCCCCCCCCC. The molecular formula is C41H78O6. The number of hydrogen-bond donors (Lipinski definition) is 0. The average Bonchev–Trinajstić information content (AvgIpc) is 3.06. The highest BCUT2D eigenvalue weighted by molar-refractivity contribution is 5.71. The molecule has 0 aromatic heterocycles. The Balaban J connectivity index is 4.30. The Kier molecular flexibility index (Phi) is 36.0. The normalized spacial score (nSPS) is 11.8. The molecule has 0 N–H and O–H groups in total. The van der Waals surface area contributed by atoms with E-state index in [1.165, 1.54) is 128 Å². The van der Waals surface area contributed by atoms with E-state index in [2.05, 4.69) is 20.8 Å². The van der Waals surface area contributed by atoms with Gasteiger partial charge in [0.25, 0.3) is 0 Å². The smallest absolute Gasteiger partial charge is 0.306 e. The van der Waals surface area contributed by atoms with Gasteiger partial charge < -0.3 is 14.2 Å². The van der Waals surface area contributed by atoms with Crippen molar-refractivity contribution >= 4 is 17.9 Å². The number of esters is 3. The number of hydrogen-bond acceptors (Lipinski definition) is 6. The van der Waals surface area contributed by atoms with E-state index in [1.807, 2.05) is 0 Å². The largest absolute Gasteiger partial charge is 0.462 e. The summed E-state index contributed by atoms with van der Waals surface area (Å²) in [5.41, 5.74) is 0. The van der Waals surface area contributed by atoms with Crippen LogP contribution in [-0.2, 0) is 28.6 Å². The van der Waals surface area contributed by atoms with E-state index < -0.39 is 6.10 Å². The molecule has 0 fully saturated rings. The van der Waals surface area contributed by atoms with Gasteiger partial charge in [0.15, 0.2) is 6.10 Å². The topological polar surface area (TPSA) is 78.9 Å². The highest BCUT2D eigenvalue weighted by Crippen LogP contribution is 2.15. The summed E-state index contributed by atoms with van der Waals surface area (Å²) in [7, 11) is 0. The van der Waals surface area contributed by atoms with Crippen molar-refractivity contribution in [3.8, 4) is 0 Å². The van der Waals surface area contributed by atoms with Crippen molar-refractivity contribution in [1.29, 1.82) is 0 Å². The minimum absolute atomic E-state index is 0.0639. The molecule has 0 spiro atoms. The Morgan fingerprint density at radius 2 is 0.574 bits per heavy atom. The van der Waals surface area contributed by atoms with Crippen molar-refractivity contribution in [2.45, 2.75) is 232 Å². The van der Waals surface area contributed by atoms with Gasteiger partial charge >= 0.3 is 17.9 Å². The van der Waals surface area contributed by atoms with Gasteiger partial charge in [-0.1, -0.05) is 188 Å². The van der Waals surface area contributed by atoms with Gasteiger partial charge in [0, 0.05) is 19.3 Å². The minimum atomic E-state index is -0.755. The minimum Gasteiger partial charge on any atom is -0.462 e. The summed E-state index contributed by atoms with van der Waals surface area (Å²) in [6.07, 6.45) is 35.2. The van der Waals surface area contributed by atoms with Gasteiger partial charge in [0.2, 0.25) is 0 Å². The van der Waals surface area contributed by atoms with Gasteiger partial charge in [-0.25, -0.2) is 0 Å². The maximum Gasteiger partial charge on any atom is 0.306 e. The van der Waals surface area contributed by atoms with E-state index in [0.717, 1.165) is 57.8 Å². The quantitative estimate of drug-likeness (QED) is 0.0373. The lowest BCUT2D eigenvalue weighted by atomic mass is 10.0. The van der Waals surface area contributed by atoms with Crippen LogP contribution in [0.3, 0.4) is 0 Å². The second kappa shape index (κ2) is 37.2. The van der Waals surface area contributed by atoms with Gasteiger partial charge in [-0.15, -0.1) is 0 Å². The second-order valence-electron chi connectivity index (χ2n) is 13.9. The number of carbonyl (C=O) groups excluding carboxylic acids is 3. The molecule has 0 saturated carbocycles. The predicted molar refractivity (Wildman–Crippen MR) is 197 cm³/mol. The summed E-state index contributed by atoms with van der Waals surface area (Å²) in [5, 5.41) is 0. The maximum atomic E-state index is 12.6. The fourth-order valence-electron chi connectivity index (χ4n) is 5.97. The Morgan fingerprint density at radius 1 is 0.340 bits per heavy atom. The van der Waals surface area contributed by atoms with Crippen LogP contribution in [0, 0.1) is 0 Å². The molecule has 0 amide bonds. The lowest BCUT2D eigenvalue weighted by Gasteiger charge is -2.18. The molecule has 0 radical (unpaired) electrons. The van der Waals surface area contributed by atoms with Gasteiger partial charge in [-0.3, -0.25) is 14.4 Å². The van der Waals surface area contributed by atoms with Gasteiger partial charge in [-0.05, 0) is 19.3 Å². The molecule has 0 aromatic carbocycles. The fourth-order valence-corrected chi connectivity index (χ4v) is 5.97. The number of rotatable bonds is 37. The van der Waals surface area contributed by atoms with Crippen molar-refractivity contribution in [3.63, 3.8) is 0 Å². The summed E-state index contributed by atoms with van der Waals surface area (Å²) in [5.74, 6) is -0.867. The van der Waals surface area contributed by atoms with E-state index in [1.54, 1.807) is 0 Å². The third-order valence-electron chi connectivity index (χ3n) is 9.11. The molecule has 47 heavy (non-hydrogen) atoms. The van der Waals surface area contributed by atoms with E-state index in [-0.39, 0.29) is 31.1 Å². The molecule has 1 unspecified atom stereocenters. The molecule has 0 rings (SSSR count). The van der Waals surface area contributed by atoms with Crippen molar-refractivity contribution in [3.05, 3.63) is 0 Å². The zero-order chi connectivity index (χ0) is 34.5. The van der Waals surface area contributed by atoms with Gasteiger partial charge in [0.1, 0.15) is 13.2 Å². The Morgan fingerprint density at radius 3 is 0.851 bits per heavy atom. The molecule has 0 aliphatic heterocycles. The van der Waals surface area contributed by atoms with Crippen molar-refractivity contribution in [1.82, 2.24) is 0 Å². The predicted octanol–water partition coefficient (Wildman–Crippen LogP) is 12.5. The highest BCUT2D eigenvalue weighted by atomic mass is 16.6. The summed E-state index contributed by atoms with van der Waals surface area (Å²) >= 11 is 0. The summed E-state index contributed by atoms with van der Waals surface area (Å²) < 4.78 is 16.6. The summed E-state index contributed by atoms with van der Waals surface area (Å²) in [6, 6.07) is 0. The van der Waals surface area contributed by atoms with Gasteiger partial charge in [0.05, 0.1) is 0 Å². The van der Waals surface area contributed by atoms with E-state index in [9.17, 15) is 14.4 Å². The van der Waals surface area contributed by atoms with Crippen LogP contribution in [0.15, 0.2) is 0 Å². The van der Waals surface area contributed by atoms with Crippen LogP contribution in [0.2, 0.25) is 0 Å². The molecule has 0 bridgehead atoms. The first kappa shape index (κ1) is 45.4. The molecule has 6 heteroatoms. The Labute approximate surface area is 291 Å². The standard InChI is InChI=1S/C41H78O6/c1-4-7-10-13-16-18-20-21-23-25-28-31-34-40(43)46-37-38(36-45-39(42)33-30-27-24-15-12-9-6-3)47-41(44)35-32-29-26-22-19-17-14-11-8-5-2/h38H,4-37H2,1-3H3. The first-order chi connectivity index (χ1) is 23.0. The maximum absolute atomic E-state index is 12.6. The van der Waals surface area contributed by atoms with Crippen LogP contribution in [0.4, 0.5) is 0 Å². The van der Waals surface area contributed by atoms with Crippen molar-refractivity contribution in [2.24, 2.45) is 0 Å². The monoisotopic (exact) mass is 667 g/mol. The molecule has 0 heterocycles. The molecule has 6 nitrogen and oxygen atoms in total. The molecule has 0 aliphatic rings. The van der Waals surface area contributed by atoms with Crippen LogP contribution < -0.4 is 0 Å². The van der Waals surface area contributed by atoms with E-state index in [4.69, 9.17) is 14.2 Å². The third kappa shape index (κ3) is 35.5. The number of carbonyl (C=O) groups is 3. The first-order valence-corrected chi connectivity index (χ1v) is 20.5. The Hall–Kier alpha value is -1.59. The highest BCUT2D eigenvalue weighted by Gasteiger charge is 2.19. The number of unbranched alkanes of at least 4 members (excludes halogenated alkanes) is 26. The zero-order valence-corrected chi connectivity index (χ0v) is 31.6. The van der Waals surface area contributed by atoms with Crippen LogP contribution in [-0.4, -0.2) is 37.2 Å². The molecule has 278 valence electrons. The van der Waals surface area contributed by atoms with E-state index in [0.29, 0.717) is 19.3 Å². The van der Waals surface area contributed by atoms with Crippen molar-refractivity contribution in [2.75, 3.05) is 13.2 Å². The van der Waals surface area contributed by atoms with Crippen LogP contribution in [0.5, 0.6) is 0 Å². The lowest BCUT2D eigenvalue weighted by Crippen LogP contribution is -2.30. The van der Waals surface area contributed by atoms with Gasteiger partial charge in [-0.2, -0.15) is 0 Å². The molecule has 0 aliphatic carbocycles. The Bertz CT molecular complexity index is 693.